The van der Waals surface area contributed by atoms with E-state index in [1.165, 1.54) is 0 Å². The summed E-state index contributed by atoms with van der Waals surface area (Å²) < 4.78 is 0.652. The minimum Gasteiger partial charge on any atom is -0.377 e. The standard InChI is InChI=1S/C17H18BrN3O2/c1-9(17(2,3)4)20-13-14(16(23)15(13)22)21-12-6-5-10(8-19)7-11(12)18/h5-7,9,20-21H,1-4H3/t9-/m1/s1. The van der Waals surface area contributed by atoms with Crippen molar-refractivity contribution in [1.29, 1.82) is 5.26 Å². The van der Waals surface area contributed by atoms with Crippen LogP contribution < -0.4 is 21.5 Å². The van der Waals surface area contributed by atoms with Gasteiger partial charge in [0, 0.05) is 10.5 Å². The molecule has 0 radical (unpaired) electrons. The molecule has 0 spiro atoms. The molecule has 2 aromatic carbocycles. The second-order valence-corrected chi connectivity index (χ2v) is 7.43. The van der Waals surface area contributed by atoms with E-state index in [0.29, 0.717) is 21.4 Å². The molecule has 2 aromatic rings. The van der Waals surface area contributed by atoms with Crippen molar-refractivity contribution >= 4 is 33.0 Å². The van der Waals surface area contributed by atoms with Crippen molar-refractivity contribution in [1.82, 2.24) is 0 Å². The van der Waals surface area contributed by atoms with Crippen LogP contribution in [0.2, 0.25) is 0 Å². The van der Waals surface area contributed by atoms with Gasteiger partial charge in [0.25, 0.3) is 10.9 Å². The Morgan fingerprint density at radius 1 is 1.17 bits per heavy atom. The molecule has 0 aliphatic heterocycles. The van der Waals surface area contributed by atoms with Crippen molar-refractivity contribution in [3.63, 3.8) is 0 Å². The Kier molecular flexibility index (Phi) is 4.62. The molecule has 0 aliphatic carbocycles. The molecule has 23 heavy (non-hydrogen) atoms. The number of hydrogen-bond donors (Lipinski definition) is 2. The van der Waals surface area contributed by atoms with Crippen LogP contribution in [-0.4, -0.2) is 6.04 Å². The first kappa shape index (κ1) is 17.2. The second kappa shape index (κ2) is 6.17. The lowest BCUT2D eigenvalue weighted by molar-refractivity contribution is 0.359. The molecule has 0 aliphatic rings. The van der Waals surface area contributed by atoms with Gasteiger partial charge in [-0.1, -0.05) is 20.8 Å². The molecule has 0 saturated carbocycles. The van der Waals surface area contributed by atoms with E-state index in [9.17, 15) is 9.59 Å². The minimum atomic E-state index is -0.537. The highest BCUT2D eigenvalue weighted by atomic mass is 79.9. The minimum absolute atomic E-state index is 0.0238. The fraction of sp³-hybridized carbons (Fsp3) is 0.353. The summed E-state index contributed by atoms with van der Waals surface area (Å²) in [5.74, 6) is 0. The van der Waals surface area contributed by atoms with Crippen molar-refractivity contribution in [2.24, 2.45) is 5.41 Å². The average molecular weight is 376 g/mol. The first-order valence-corrected chi connectivity index (χ1v) is 8.01. The van der Waals surface area contributed by atoms with E-state index in [1.807, 2.05) is 13.0 Å². The maximum Gasteiger partial charge on any atom is 0.253 e. The monoisotopic (exact) mass is 375 g/mol. The molecule has 2 rings (SSSR count). The van der Waals surface area contributed by atoms with Gasteiger partial charge in [-0.05, 0) is 46.5 Å². The summed E-state index contributed by atoms with van der Waals surface area (Å²) in [6.45, 7) is 8.14. The van der Waals surface area contributed by atoms with Crippen molar-refractivity contribution in [2.75, 3.05) is 10.6 Å². The topological polar surface area (TPSA) is 82.0 Å². The molecular weight excluding hydrogens is 358 g/mol. The van der Waals surface area contributed by atoms with Gasteiger partial charge in [0.15, 0.2) is 0 Å². The normalized spacial score (nSPS) is 12.7. The Bertz CT molecular complexity index is 852. The zero-order chi connectivity index (χ0) is 17.4. The van der Waals surface area contributed by atoms with E-state index in [0.717, 1.165) is 0 Å². The van der Waals surface area contributed by atoms with Gasteiger partial charge >= 0.3 is 0 Å². The molecule has 0 amide bonds. The van der Waals surface area contributed by atoms with Crippen LogP contribution in [0.4, 0.5) is 17.1 Å². The molecule has 6 heteroatoms. The van der Waals surface area contributed by atoms with Gasteiger partial charge in [0.2, 0.25) is 0 Å². The van der Waals surface area contributed by atoms with Gasteiger partial charge in [-0.2, -0.15) is 5.26 Å². The third-order valence-electron chi connectivity index (χ3n) is 3.93. The van der Waals surface area contributed by atoms with Gasteiger partial charge < -0.3 is 10.6 Å². The third-order valence-corrected chi connectivity index (χ3v) is 4.58. The molecule has 1 atom stereocenters. The van der Waals surface area contributed by atoms with Crippen LogP contribution in [0.1, 0.15) is 33.3 Å². The van der Waals surface area contributed by atoms with E-state index in [1.54, 1.807) is 18.2 Å². The quantitative estimate of drug-likeness (QED) is 0.799. The van der Waals surface area contributed by atoms with Gasteiger partial charge in [0.1, 0.15) is 11.4 Å². The molecule has 5 nitrogen and oxygen atoms in total. The van der Waals surface area contributed by atoms with Gasteiger partial charge in [-0.3, -0.25) is 9.59 Å². The number of halogens is 1. The Hall–Kier alpha value is -2.13. The van der Waals surface area contributed by atoms with E-state index in [-0.39, 0.29) is 17.1 Å². The zero-order valence-electron chi connectivity index (χ0n) is 13.5. The third kappa shape index (κ3) is 3.45. The van der Waals surface area contributed by atoms with Gasteiger partial charge in [-0.15, -0.1) is 0 Å². The largest absolute Gasteiger partial charge is 0.377 e. The highest BCUT2D eigenvalue weighted by Gasteiger charge is 2.27. The van der Waals surface area contributed by atoms with Crippen LogP contribution in [0.5, 0.6) is 0 Å². The number of hydrogen-bond acceptors (Lipinski definition) is 5. The Morgan fingerprint density at radius 3 is 2.30 bits per heavy atom. The maximum atomic E-state index is 11.9. The van der Waals surface area contributed by atoms with Crippen molar-refractivity contribution < 1.29 is 0 Å². The number of nitriles is 1. The summed E-state index contributed by atoms with van der Waals surface area (Å²) in [6.07, 6.45) is 0. The van der Waals surface area contributed by atoms with E-state index >= 15 is 0 Å². The van der Waals surface area contributed by atoms with Crippen LogP contribution in [-0.2, 0) is 0 Å². The molecular formula is C17H18BrN3O2. The Balaban J connectivity index is 2.29. The van der Waals surface area contributed by atoms with E-state index in [4.69, 9.17) is 5.26 Å². The fourth-order valence-electron chi connectivity index (χ4n) is 1.90. The van der Waals surface area contributed by atoms with Gasteiger partial charge in [-0.25, -0.2) is 0 Å². The van der Waals surface area contributed by atoms with Crippen LogP contribution in [0.15, 0.2) is 32.3 Å². The molecule has 2 N–H and O–H groups in total. The first-order chi connectivity index (χ1) is 10.6. The SMILES string of the molecule is C[C@@H](Nc1c(Nc2ccc(C#N)cc2Br)c(=O)c1=O)C(C)(C)C. The predicted octanol–water partition coefficient (Wildman–Crippen LogP) is 3.51. The summed E-state index contributed by atoms with van der Waals surface area (Å²) in [5, 5.41) is 15.0. The van der Waals surface area contributed by atoms with Crippen molar-refractivity contribution in [3.8, 4) is 6.07 Å². The van der Waals surface area contributed by atoms with E-state index in [2.05, 4.69) is 47.3 Å². The summed E-state index contributed by atoms with van der Waals surface area (Å²) in [6, 6.07) is 7.05. The number of benzene rings is 1. The Labute approximate surface area is 143 Å². The Morgan fingerprint density at radius 2 is 1.78 bits per heavy atom. The smallest absolute Gasteiger partial charge is 0.253 e. The van der Waals surface area contributed by atoms with Gasteiger partial charge in [0.05, 0.1) is 17.3 Å². The maximum absolute atomic E-state index is 11.9. The summed E-state index contributed by atoms with van der Waals surface area (Å²) in [7, 11) is 0. The average Bonchev–Trinajstić information content (AvgIpc) is 2.50. The number of rotatable bonds is 4. The molecule has 0 aromatic heterocycles. The number of nitrogens with one attached hydrogen (secondary N) is 2. The second-order valence-electron chi connectivity index (χ2n) is 6.57. The molecule has 0 saturated heterocycles. The van der Waals surface area contributed by atoms with E-state index < -0.39 is 10.9 Å². The summed E-state index contributed by atoms with van der Waals surface area (Å²) >= 11 is 3.35. The van der Waals surface area contributed by atoms with Crippen LogP contribution in [0, 0.1) is 16.7 Å². The summed E-state index contributed by atoms with van der Waals surface area (Å²) in [4.78, 5) is 23.7. The number of nitrogens with zero attached hydrogens (tertiary/aromatic N) is 1. The van der Waals surface area contributed by atoms with Crippen LogP contribution >= 0.6 is 15.9 Å². The lowest BCUT2D eigenvalue weighted by Crippen LogP contribution is -2.41. The first-order valence-electron chi connectivity index (χ1n) is 7.21. The lowest BCUT2D eigenvalue weighted by atomic mass is 9.87. The van der Waals surface area contributed by atoms with Crippen molar-refractivity contribution in [3.05, 3.63) is 48.7 Å². The highest BCUT2D eigenvalue weighted by Crippen LogP contribution is 2.30. The van der Waals surface area contributed by atoms with Crippen LogP contribution in [0.3, 0.4) is 0 Å². The number of anilines is 3. The van der Waals surface area contributed by atoms with Crippen LogP contribution in [0.25, 0.3) is 0 Å². The molecule has 0 heterocycles. The lowest BCUT2D eigenvalue weighted by Gasteiger charge is -2.30. The zero-order valence-corrected chi connectivity index (χ0v) is 15.0. The fourth-order valence-corrected chi connectivity index (χ4v) is 2.38. The molecule has 0 unspecified atom stereocenters. The molecule has 0 bridgehead atoms. The predicted molar refractivity (Wildman–Crippen MR) is 96.0 cm³/mol. The molecule has 0 fully saturated rings. The summed E-state index contributed by atoms with van der Waals surface area (Å²) in [5.41, 5.74) is 0.615. The highest BCUT2D eigenvalue weighted by molar-refractivity contribution is 9.10. The van der Waals surface area contributed by atoms with Crippen molar-refractivity contribution in [2.45, 2.75) is 33.7 Å². The molecule has 120 valence electrons.